The van der Waals surface area contributed by atoms with Gasteiger partial charge in [-0.15, -0.1) is 0 Å². The summed E-state index contributed by atoms with van der Waals surface area (Å²) in [6.45, 7) is 0. The molecule has 1 aromatic heterocycles. The molecule has 0 spiro atoms. The topological polar surface area (TPSA) is 81.2 Å². The van der Waals surface area contributed by atoms with Gasteiger partial charge in [0, 0.05) is 0 Å². The molecule has 1 rings (SSSR count). The fraction of sp³-hybridized carbons (Fsp3) is 0.333. The first-order chi connectivity index (χ1) is 6.03. The van der Waals surface area contributed by atoms with E-state index in [1.54, 1.807) is 0 Å². The number of hydrogen-bond acceptors (Lipinski definition) is 5. The van der Waals surface area contributed by atoms with Gasteiger partial charge < -0.3 is 4.74 Å². The van der Waals surface area contributed by atoms with E-state index in [9.17, 15) is 8.42 Å². The van der Waals surface area contributed by atoms with E-state index in [2.05, 4.69) is 14.7 Å². The molecular weight excluding hydrogens is 194 g/mol. The number of sulfonamides is 1. The Morgan fingerprint density at radius 3 is 2.77 bits per heavy atom. The normalized spacial score (nSPS) is 10.9. The summed E-state index contributed by atoms with van der Waals surface area (Å²) in [5.74, 6) is 0.195. The van der Waals surface area contributed by atoms with Gasteiger partial charge in [-0.05, 0) is 0 Å². The lowest BCUT2D eigenvalue weighted by Crippen LogP contribution is -2.11. The highest BCUT2D eigenvalue weighted by Gasteiger charge is 2.08. The Hall–Kier alpha value is -1.37. The third-order valence-electron chi connectivity index (χ3n) is 1.16. The quantitative estimate of drug-likeness (QED) is 0.739. The summed E-state index contributed by atoms with van der Waals surface area (Å²) in [4.78, 5) is 7.38. The van der Waals surface area contributed by atoms with Gasteiger partial charge in [0.2, 0.25) is 15.9 Å². The first kappa shape index (κ1) is 9.72. The molecule has 0 aliphatic rings. The number of aromatic nitrogens is 2. The molecule has 6 nitrogen and oxygen atoms in total. The van der Waals surface area contributed by atoms with E-state index < -0.39 is 10.0 Å². The van der Waals surface area contributed by atoms with Crippen LogP contribution in [0.5, 0.6) is 5.88 Å². The van der Waals surface area contributed by atoms with E-state index >= 15 is 0 Å². The van der Waals surface area contributed by atoms with Gasteiger partial charge in [-0.2, -0.15) is 4.98 Å². The zero-order chi connectivity index (χ0) is 9.90. The Balaban J connectivity index is 3.01. The minimum atomic E-state index is -3.32. The average molecular weight is 203 g/mol. The minimum absolute atomic E-state index is 0.195. The molecule has 0 aromatic carbocycles. The second-order valence-corrected chi connectivity index (χ2v) is 4.07. The van der Waals surface area contributed by atoms with Crippen molar-refractivity contribution in [3.05, 3.63) is 12.5 Å². The van der Waals surface area contributed by atoms with Crippen molar-refractivity contribution in [2.75, 3.05) is 18.1 Å². The number of ether oxygens (including phenoxy) is 1. The summed E-state index contributed by atoms with van der Waals surface area (Å²) < 4.78 is 28.7. The highest BCUT2D eigenvalue weighted by atomic mass is 32.2. The van der Waals surface area contributed by atoms with Gasteiger partial charge in [0.05, 0.1) is 19.6 Å². The average Bonchev–Trinajstić information content (AvgIpc) is 2.02. The van der Waals surface area contributed by atoms with Gasteiger partial charge in [-0.1, -0.05) is 0 Å². The molecule has 0 fully saturated rings. The molecule has 0 atom stereocenters. The predicted molar refractivity (Wildman–Crippen MR) is 47.1 cm³/mol. The minimum Gasteiger partial charge on any atom is -0.479 e. The summed E-state index contributed by atoms with van der Waals surface area (Å²) in [5.41, 5.74) is 0.229. The Kier molecular flexibility index (Phi) is 2.66. The Labute approximate surface area is 76.0 Å². The zero-order valence-corrected chi connectivity index (χ0v) is 8.00. The summed E-state index contributed by atoms with van der Waals surface area (Å²) in [7, 11) is -1.92. The van der Waals surface area contributed by atoms with Crippen LogP contribution in [0.25, 0.3) is 0 Å². The lowest BCUT2D eigenvalue weighted by Gasteiger charge is -2.06. The maximum atomic E-state index is 10.8. The highest BCUT2D eigenvalue weighted by Crippen LogP contribution is 2.18. The molecule has 13 heavy (non-hydrogen) atoms. The van der Waals surface area contributed by atoms with Crippen molar-refractivity contribution in [1.29, 1.82) is 0 Å². The van der Waals surface area contributed by atoms with Crippen molar-refractivity contribution in [3.63, 3.8) is 0 Å². The Bertz CT molecular complexity index is 390. The van der Waals surface area contributed by atoms with Crippen molar-refractivity contribution in [2.45, 2.75) is 0 Å². The first-order valence-electron chi connectivity index (χ1n) is 3.34. The van der Waals surface area contributed by atoms with E-state index in [0.29, 0.717) is 0 Å². The van der Waals surface area contributed by atoms with Gasteiger partial charge >= 0.3 is 0 Å². The molecular formula is C6H9N3O3S. The van der Waals surface area contributed by atoms with E-state index in [0.717, 1.165) is 6.26 Å². The largest absolute Gasteiger partial charge is 0.479 e. The molecule has 0 saturated carbocycles. The molecule has 0 radical (unpaired) electrons. The number of rotatable bonds is 3. The molecule has 0 saturated heterocycles. The molecule has 0 unspecified atom stereocenters. The Morgan fingerprint density at radius 2 is 2.23 bits per heavy atom. The predicted octanol–water partition coefficient (Wildman–Crippen LogP) is -0.143. The van der Waals surface area contributed by atoms with Gasteiger partial charge in [0.15, 0.2) is 0 Å². The van der Waals surface area contributed by atoms with Crippen LogP contribution < -0.4 is 9.46 Å². The summed E-state index contributed by atoms with van der Waals surface area (Å²) in [6.07, 6.45) is 3.64. The van der Waals surface area contributed by atoms with Crippen LogP contribution in [0.3, 0.4) is 0 Å². The Morgan fingerprint density at radius 1 is 1.54 bits per heavy atom. The van der Waals surface area contributed by atoms with Crippen LogP contribution in [0.4, 0.5) is 5.69 Å². The van der Waals surface area contributed by atoms with Gasteiger partial charge in [-0.3, -0.25) is 4.72 Å². The SMILES string of the molecule is COc1ncncc1NS(C)(=O)=O. The standard InChI is InChI=1S/C6H9N3O3S/c1-12-6-5(3-7-4-8-6)9-13(2,10)11/h3-4,9H,1-2H3. The van der Waals surface area contributed by atoms with Crippen molar-refractivity contribution < 1.29 is 13.2 Å². The third-order valence-corrected chi connectivity index (χ3v) is 1.76. The number of methoxy groups -OCH3 is 1. The molecule has 0 aliphatic heterocycles. The van der Waals surface area contributed by atoms with Crippen molar-refractivity contribution in [1.82, 2.24) is 9.97 Å². The molecule has 72 valence electrons. The summed E-state index contributed by atoms with van der Waals surface area (Å²) >= 11 is 0. The van der Waals surface area contributed by atoms with Crippen LogP contribution in [-0.4, -0.2) is 31.8 Å². The molecule has 0 aliphatic carbocycles. The van der Waals surface area contributed by atoms with E-state index in [4.69, 9.17) is 4.74 Å². The fourth-order valence-corrected chi connectivity index (χ4v) is 1.29. The van der Waals surface area contributed by atoms with Crippen LogP contribution in [-0.2, 0) is 10.0 Å². The van der Waals surface area contributed by atoms with Gasteiger partial charge in [0.25, 0.3) is 0 Å². The highest BCUT2D eigenvalue weighted by molar-refractivity contribution is 7.92. The molecule has 1 heterocycles. The van der Waals surface area contributed by atoms with Crippen LogP contribution in [0, 0.1) is 0 Å². The van der Waals surface area contributed by atoms with E-state index in [-0.39, 0.29) is 11.6 Å². The first-order valence-corrected chi connectivity index (χ1v) is 5.24. The number of anilines is 1. The van der Waals surface area contributed by atoms with Crippen molar-refractivity contribution >= 4 is 15.7 Å². The molecule has 0 amide bonds. The summed E-state index contributed by atoms with van der Waals surface area (Å²) in [5, 5.41) is 0. The van der Waals surface area contributed by atoms with Crippen LogP contribution in [0.2, 0.25) is 0 Å². The number of nitrogens with zero attached hydrogens (tertiary/aromatic N) is 2. The lowest BCUT2D eigenvalue weighted by molar-refractivity contribution is 0.399. The second kappa shape index (κ2) is 3.56. The maximum Gasteiger partial charge on any atom is 0.241 e. The maximum absolute atomic E-state index is 10.8. The molecule has 1 N–H and O–H groups in total. The smallest absolute Gasteiger partial charge is 0.241 e. The molecule has 7 heteroatoms. The van der Waals surface area contributed by atoms with E-state index in [1.807, 2.05) is 0 Å². The lowest BCUT2D eigenvalue weighted by atomic mass is 10.5. The van der Waals surface area contributed by atoms with Crippen molar-refractivity contribution in [3.8, 4) is 5.88 Å². The van der Waals surface area contributed by atoms with Crippen LogP contribution in [0.15, 0.2) is 12.5 Å². The van der Waals surface area contributed by atoms with E-state index in [1.165, 1.54) is 19.6 Å². The van der Waals surface area contributed by atoms with Crippen LogP contribution in [0.1, 0.15) is 0 Å². The molecule has 0 bridgehead atoms. The van der Waals surface area contributed by atoms with Gasteiger partial charge in [0.1, 0.15) is 12.0 Å². The second-order valence-electron chi connectivity index (χ2n) is 2.32. The fourth-order valence-electron chi connectivity index (χ4n) is 0.751. The van der Waals surface area contributed by atoms with Gasteiger partial charge in [-0.25, -0.2) is 13.4 Å². The number of hydrogen-bond donors (Lipinski definition) is 1. The molecule has 1 aromatic rings. The summed E-state index contributed by atoms with van der Waals surface area (Å²) in [6, 6.07) is 0. The number of nitrogens with one attached hydrogen (secondary N) is 1. The van der Waals surface area contributed by atoms with Crippen molar-refractivity contribution in [2.24, 2.45) is 0 Å². The monoisotopic (exact) mass is 203 g/mol. The third kappa shape index (κ3) is 2.86. The zero-order valence-electron chi connectivity index (χ0n) is 7.18. The van der Waals surface area contributed by atoms with Crippen LogP contribution >= 0.6 is 0 Å².